The molecule has 0 amide bonds. The number of rotatable bonds is 2. The Balaban J connectivity index is 2.45. The van der Waals surface area contributed by atoms with Gasteiger partial charge in [-0.3, -0.25) is 4.90 Å². The van der Waals surface area contributed by atoms with Crippen LogP contribution in [0, 0.1) is 0 Å². The van der Waals surface area contributed by atoms with Crippen LogP contribution >= 0.6 is 0 Å². The molecule has 1 unspecified atom stereocenters. The second-order valence-corrected chi connectivity index (χ2v) is 3.83. The Kier molecular flexibility index (Phi) is 2.30. The molecule has 0 N–H and O–H groups in total. The number of para-hydroxylation sites is 1. The first kappa shape index (κ1) is 9.28. The van der Waals surface area contributed by atoms with Crippen molar-refractivity contribution in [3.8, 4) is 0 Å². The molecule has 0 saturated heterocycles. The van der Waals surface area contributed by atoms with Gasteiger partial charge in [-0.15, -0.1) is 0 Å². The van der Waals surface area contributed by atoms with Gasteiger partial charge in [-0.1, -0.05) is 18.2 Å². The molecule has 2 heteroatoms. The maximum atomic E-state index is 5.75. The first-order valence-electron chi connectivity index (χ1n) is 4.83. The van der Waals surface area contributed by atoms with E-state index in [4.69, 9.17) is 4.42 Å². The quantitative estimate of drug-likeness (QED) is 0.722. The highest BCUT2D eigenvalue weighted by Crippen LogP contribution is 2.25. The van der Waals surface area contributed by atoms with E-state index in [1.54, 1.807) is 0 Å². The Bertz CT molecular complexity index is 398. The van der Waals surface area contributed by atoms with Gasteiger partial charge in [0.2, 0.25) is 0 Å². The van der Waals surface area contributed by atoms with Gasteiger partial charge in [0.15, 0.2) is 0 Å². The minimum Gasteiger partial charge on any atom is -0.459 e. The first-order valence-corrected chi connectivity index (χ1v) is 4.83. The summed E-state index contributed by atoms with van der Waals surface area (Å²) in [5.41, 5.74) is 0.969. The Hall–Kier alpha value is -1.28. The van der Waals surface area contributed by atoms with Gasteiger partial charge in [0, 0.05) is 5.39 Å². The van der Waals surface area contributed by atoms with Crippen molar-refractivity contribution in [3.05, 3.63) is 36.1 Å². The van der Waals surface area contributed by atoms with Crippen molar-refractivity contribution >= 4 is 11.0 Å². The molecule has 0 aliphatic rings. The van der Waals surface area contributed by atoms with Crippen molar-refractivity contribution in [1.29, 1.82) is 0 Å². The highest BCUT2D eigenvalue weighted by Gasteiger charge is 2.12. The van der Waals surface area contributed by atoms with Crippen LogP contribution in [0.3, 0.4) is 0 Å². The van der Waals surface area contributed by atoms with E-state index in [1.165, 1.54) is 5.39 Å². The van der Waals surface area contributed by atoms with Crippen molar-refractivity contribution in [3.63, 3.8) is 0 Å². The second-order valence-electron chi connectivity index (χ2n) is 3.83. The fraction of sp³-hybridized carbons (Fsp3) is 0.333. The molecule has 74 valence electrons. The van der Waals surface area contributed by atoms with E-state index < -0.39 is 0 Å². The zero-order valence-corrected chi connectivity index (χ0v) is 8.82. The molecule has 1 aromatic carbocycles. The normalized spacial score (nSPS) is 13.7. The minimum atomic E-state index is 0.322. The molecule has 1 atom stereocenters. The summed E-state index contributed by atoms with van der Waals surface area (Å²) in [6.45, 7) is 2.14. The van der Waals surface area contributed by atoms with Crippen LogP contribution in [0.15, 0.2) is 34.7 Å². The minimum absolute atomic E-state index is 0.322. The number of furan rings is 1. The lowest BCUT2D eigenvalue weighted by atomic mass is 10.2. The van der Waals surface area contributed by atoms with Crippen molar-refractivity contribution in [2.24, 2.45) is 0 Å². The summed E-state index contributed by atoms with van der Waals surface area (Å²) >= 11 is 0. The largest absolute Gasteiger partial charge is 0.459 e. The van der Waals surface area contributed by atoms with Gasteiger partial charge >= 0.3 is 0 Å². The molecular weight excluding hydrogens is 174 g/mol. The molecule has 0 radical (unpaired) electrons. The lowest BCUT2D eigenvalue weighted by molar-refractivity contribution is 0.282. The van der Waals surface area contributed by atoms with Gasteiger partial charge in [0.05, 0.1) is 6.04 Å². The van der Waals surface area contributed by atoms with E-state index in [9.17, 15) is 0 Å². The van der Waals surface area contributed by atoms with Crippen LogP contribution in [0.1, 0.15) is 18.7 Å². The zero-order chi connectivity index (χ0) is 10.1. The monoisotopic (exact) mass is 189 g/mol. The molecule has 0 fully saturated rings. The van der Waals surface area contributed by atoms with Crippen molar-refractivity contribution in [2.75, 3.05) is 14.1 Å². The van der Waals surface area contributed by atoms with Gasteiger partial charge in [0.1, 0.15) is 11.3 Å². The molecule has 0 bridgehead atoms. The molecule has 2 rings (SSSR count). The maximum Gasteiger partial charge on any atom is 0.134 e. The summed E-state index contributed by atoms with van der Waals surface area (Å²) in [5.74, 6) is 1.02. The second kappa shape index (κ2) is 3.46. The molecule has 0 spiro atoms. The molecule has 0 saturated carbocycles. The Morgan fingerprint density at radius 3 is 2.57 bits per heavy atom. The van der Waals surface area contributed by atoms with Gasteiger partial charge < -0.3 is 4.42 Å². The summed E-state index contributed by atoms with van der Waals surface area (Å²) in [4.78, 5) is 2.14. The molecular formula is C12H15NO. The highest BCUT2D eigenvalue weighted by atomic mass is 16.3. The van der Waals surface area contributed by atoms with Gasteiger partial charge in [-0.25, -0.2) is 0 Å². The van der Waals surface area contributed by atoms with Crippen LogP contribution in [0.25, 0.3) is 11.0 Å². The van der Waals surface area contributed by atoms with Gasteiger partial charge in [-0.2, -0.15) is 0 Å². The van der Waals surface area contributed by atoms with Crippen LogP contribution in [0.4, 0.5) is 0 Å². The van der Waals surface area contributed by atoms with E-state index in [1.807, 2.05) is 18.2 Å². The lowest BCUT2D eigenvalue weighted by Crippen LogP contribution is -2.15. The average Bonchev–Trinajstić information content (AvgIpc) is 2.59. The third-order valence-electron chi connectivity index (χ3n) is 2.63. The first-order chi connectivity index (χ1) is 6.68. The summed E-state index contributed by atoms with van der Waals surface area (Å²) in [6, 6.07) is 10.5. The Morgan fingerprint density at radius 2 is 1.93 bits per heavy atom. The molecule has 14 heavy (non-hydrogen) atoms. The maximum absolute atomic E-state index is 5.75. The van der Waals surface area contributed by atoms with E-state index in [0.29, 0.717) is 6.04 Å². The van der Waals surface area contributed by atoms with E-state index >= 15 is 0 Å². The van der Waals surface area contributed by atoms with Gasteiger partial charge in [-0.05, 0) is 33.2 Å². The van der Waals surface area contributed by atoms with Crippen LogP contribution in [-0.2, 0) is 0 Å². The summed E-state index contributed by atoms with van der Waals surface area (Å²) in [5, 5.41) is 1.18. The molecule has 2 nitrogen and oxygen atoms in total. The van der Waals surface area contributed by atoms with Crippen molar-refractivity contribution < 1.29 is 4.42 Å². The number of fused-ring (bicyclic) bond motifs is 1. The summed E-state index contributed by atoms with van der Waals surface area (Å²) in [6.07, 6.45) is 0. The average molecular weight is 189 g/mol. The zero-order valence-electron chi connectivity index (χ0n) is 8.82. The molecule has 1 aromatic heterocycles. The Labute approximate surface area is 84.1 Å². The van der Waals surface area contributed by atoms with Crippen molar-refractivity contribution in [2.45, 2.75) is 13.0 Å². The fourth-order valence-corrected chi connectivity index (χ4v) is 1.46. The lowest BCUT2D eigenvalue weighted by Gasteiger charge is -2.16. The summed E-state index contributed by atoms with van der Waals surface area (Å²) in [7, 11) is 4.11. The Morgan fingerprint density at radius 1 is 1.21 bits per heavy atom. The van der Waals surface area contributed by atoms with Crippen LogP contribution < -0.4 is 0 Å². The molecule has 0 aliphatic heterocycles. The standard InChI is InChI=1S/C12H15NO/c1-9(13(2)3)12-8-10-6-4-5-7-11(10)14-12/h4-9H,1-3H3. The number of benzene rings is 1. The van der Waals surface area contributed by atoms with E-state index in [2.05, 4.69) is 38.1 Å². The highest BCUT2D eigenvalue weighted by molar-refractivity contribution is 5.77. The third-order valence-corrected chi connectivity index (χ3v) is 2.63. The molecule has 0 aliphatic carbocycles. The molecule has 1 heterocycles. The van der Waals surface area contributed by atoms with Crippen LogP contribution in [0.2, 0.25) is 0 Å². The van der Waals surface area contributed by atoms with Crippen LogP contribution in [-0.4, -0.2) is 19.0 Å². The predicted molar refractivity (Wildman–Crippen MR) is 58.3 cm³/mol. The third kappa shape index (κ3) is 1.53. The predicted octanol–water partition coefficient (Wildman–Crippen LogP) is 3.06. The van der Waals surface area contributed by atoms with Gasteiger partial charge in [0.25, 0.3) is 0 Å². The number of nitrogens with zero attached hydrogens (tertiary/aromatic N) is 1. The number of hydrogen-bond donors (Lipinski definition) is 0. The SMILES string of the molecule is CC(c1cc2ccccc2o1)N(C)C. The topological polar surface area (TPSA) is 16.4 Å². The van der Waals surface area contributed by atoms with Crippen molar-refractivity contribution in [1.82, 2.24) is 4.90 Å². The fourth-order valence-electron chi connectivity index (χ4n) is 1.46. The summed E-state index contributed by atoms with van der Waals surface area (Å²) < 4.78 is 5.75. The smallest absolute Gasteiger partial charge is 0.134 e. The molecule has 2 aromatic rings. The number of hydrogen-bond acceptors (Lipinski definition) is 2. The van der Waals surface area contributed by atoms with E-state index in [0.717, 1.165) is 11.3 Å². The van der Waals surface area contributed by atoms with E-state index in [-0.39, 0.29) is 0 Å². The van der Waals surface area contributed by atoms with Crippen LogP contribution in [0.5, 0.6) is 0 Å².